The summed E-state index contributed by atoms with van der Waals surface area (Å²) in [5.41, 5.74) is 3.03. The average molecular weight is 581 g/mol. The molecule has 1 aliphatic rings. The van der Waals surface area contributed by atoms with Crippen molar-refractivity contribution < 1.29 is 24.0 Å². The van der Waals surface area contributed by atoms with E-state index >= 15 is 0 Å². The van der Waals surface area contributed by atoms with Gasteiger partial charge in [0.1, 0.15) is 6.04 Å². The SMILES string of the molecule is Cc1ccc(NC(=O)C(=O)[C@H](C[C@@H]2CCCNC2=O)NC(=O)[C@H](Cc2ccccc2)NC(=O)/C=C/c2ccccc2)cc1. The topological polar surface area (TPSA) is 133 Å². The van der Waals surface area contributed by atoms with Crippen LogP contribution in [0.15, 0.2) is 91.0 Å². The highest BCUT2D eigenvalue weighted by atomic mass is 16.2. The number of amides is 4. The number of nitrogens with one attached hydrogen (secondary N) is 4. The Hall–Kier alpha value is -5.05. The molecule has 1 saturated heterocycles. The van der Waals surface area contributed by atoms with E-state index in [1.54, 1.807) is 30.3 Å². The Morgan fingerprint density at radius 1 is 0.884 bits per heavy atom. The van der Waals surface area contributed by atoms with Crippen molar-refractivity contribution in [1.29, 1.82) is 0 Å². The lowest BCUT2D eigenvalue weighted by molar-refractivity contribution is -0.139. The fourth-order valence-electron chi connectivity index (χ4n) is 4.85. The highest BCUT2D eigenvalue weighted by Crippen LogP contribution is 2.19. The Morgan fingerprint density at radius 3 is 2.23 bits per heavy atom. The van der Waals surface area contributed by atoms with Gasteiger partial charge in [0, 0.05) is 30.6 Å². The maximum absolute atomic E-state index is 13.7. The van der Waals surface area contributed by atoms with Gasteiger partial charge in [-0.05, 0) is 55.5 Å². The van der Waals surface area contributed by atoms with Gasteiger partial charge in [-0.1, -0.05) is 78.4 Å². The molecule has 3 aromatic rings. The number of ketones is 1. The lowest BCUT2D eigenvalue weighted by Gasteiger charge is -2.27. The van der Waals surface area contributed by atoms with Crippen LogP contribution >= 0.6 is 0 Å². The van der Waals surface area contributed by atoms with Crippen LogP contribution in [-0.2, 0) is 30.4 Å². The van der Waals surface area contributed by atoms with E-state index < -0.39 is 41.5 Å². The van der Waals surface area contributed by atoms with Gasteiger partial charge in [-0.25, -0.2) is 0 Å². The minimum Gasteiger partial charge on any atom is -0.356 e. The summed E-state index contributed by atoms with van der Waals surface area (Å²) in [5.74, 6) is -3.68. The molecule has 1 heterocycles. The summed E-state index contributed by atoms with van der Waals surface area (Å²) in [5, 5.41) is 10.8. The van der Waals surface area contributed by atoms with Gasteiger partial charge in [0.2, 0.25) is 23.5 Å². The van der Waals surface area contributed by atoms with Crippen LogP contribution in [0.2, 0.25) is 0 Å². The molecule has 9 nitrogen and oxygen atoms in total. The molecule has 1 aliphatic heterocycles. The number of Topliss-reactive ketones (excluding diaryl/α,β-unsaturated/α-hetero) is 1. The third-order valence-electron chi connectivity index (χ3n) is 7.23. The first-order valence-corrected chi connectivity index (χ1v) is 14.4. The number of hydrogen-bond acceptors (Lipinski definition) is 5. The van der Waals surface area contributed by atoms with Crippen LogP contribution in [0.4, 0.5) is 5.69 Å². The summed E-state index contributed by atoms with van der Waals surface area (Å²) >= 11 is 0. The number of aryl methyl sites for hydroxylation is 1. The van der Waals surface area contributed by atoms with Gasteiger partial charge in [-0.2, -0.15) is 0 Å². The number of piperidine rings is 1. The molecule has 0 spiro atoms. The molecule has 0 unspecified atom stereocenters. The number of carbonyl (C=O) groups is 5. The second-order valence-corrected chi connectivity index (χ2v) is 10.6. The number of hydrogen-bond donors (Lipinski definition) is 4. The molecule has 1 fully saturated rings. The summed E-state index contributed by atoms with van der Waals surface area (Å²) in [6, 6.07) is 23.0. The third-order valence-corrected chi connectivity index (χ3v) is 7.23. The molecule has 4 rings (SSSR count). The summed E-state index contributed by atoms with van der Waals surface area (Å²) < 4.78 is 0. The fourth-order valence-corrected chi connectivity index (χ4v) is 4.85. The van der Waals surface area contributed by atoms with E-state index in [0.29, 0.717) is 18.7 Å². The van der Waals surface area contributed by atoms with Crippen LogP contribution in [0.25, 0.3) is 6.08 Å². The van der Waals surface area contributed by atoms with Gasteiger partial charge in [-0.3, -0.25) is 24.0 Å². The zero-order valence-electron chi connectivity index (χ0n) is 24.0. The quantitative estimate of drug-likeness (QED) is 0.193. The maximum Gasteiger partial charge on any atom is 0.293 e. The minimum absolute atomic E-state index is 0.0440. The van der Waals surface area contributed by atoms with E-state index in [4.69, 9.17) is 0 Å². The van der Waals surface area contributed by atoms with E-state index in [2.05, 4.69) is 21.3 Å². The molecule has 0 saturated carbocycles. The van der Waals surface area contributed by atoms with Crippen molar-refractivity contribution in [2.24, 2.45) is 5.92 Å². The predicted octanol–water partition coefficient (Wildman–Crippen LogP) is 3.34. The van der Waals surface area contributed by atoms with Crippen LogP contribution in [0.5, 0.6) is 0 Å². The van der Waals surface area contributed by atoms with E-state index in [9.17, 15) is 24.0 Å². The fraction of sp³-hybridized carbons (Fsp3) is 0.265. The average Bonchev–Trinajstić information content (AvgIpc) is 3.02. The smallest absolute Gasteiger partial charge is 0.293 e. The van der Waals surface area contributed by atoms with Gasteiger partial charge in [0.15, 0.2) is 0 Å². The summed E-state index contributed by atoms with van der Waals surface area (Å²) in [7, 11) is 0. The Labute approximate surface area is 251 Å². The third kappa shape index (κ3) is 9.49. The Kier molecular flexibility index (Phi) is 11.0. The first kappa shape index (κ1) is 30.9. The van der Waals surface area contributed by atoms with E-state index in [0.717, 1.165) is 23.1 Å². The normalized spacial score (nSPS) is 16.0. The zero-order valence-corrected chi connectivity index (χ0v) is 24.0. The number of carbonyl (C=O) groups excluding carboxylic acids is 5. The van der Waals surface area contributed by atoms with Crippen LogP contribution in [-0.4, -0.2) is 48.0 Å². The van der Waals surface area contributed by atoms with Crippen molar-refractivity contribution in [2.45, 2.75) is 44.7 Å². The maximum atomic E-state index is 13.7. The van der Waals surface area contributed by atoms with Crippen molar-refractivity contribution >= 4 is 41.2 Å². The molecule has 9 heteroatoms. The van der Waals surface area contributed by atoms with Gasteiger partial charge in [0.05, 0.1) is 6.04 Å². The van der Waals surface area contributed by atoms with Crippen molar-refractivity contribution in [2.75, 3.05) is 11.9 Å². The van der Waals surface area contributed by atoms with Gasteiger partial charge < -0.3 is 21.3 Å². The van der Waals surface area contributed by atoms with Crippen molar-refractivity contribution in [3.05, 3.63) is 108 Å². The van der Waals surface area contributed by atoms with Crippen molar-refractivity contribution in [3.8, 4) is 0 Å². The number of rotatable bonds is 12. The summed E-state index contributed by atoms with van der Waals surface area (Å²) in [6.07, 6.45) is 4.33. The molecule has 4 N–H and O–H groups in total. The molecule has 3 aromatic carbocycles. The Bertz CT molecular complexity index is 1460. The van der Waals surface area contributed by atoms with Gasteiger partial charge >= 0.3 is 0 Å². The van der Waals surface area contributed by atoms with Crippen molar-refractivity contribution in [1.82, 2.24) is 16.0 Å². The zero-order chi connectivity index (χ0) is 30.6. The monoisotopic (exact) mass is 580 g/mol. The molecule has 3 atom stereocenters. The number of benzene rings is 3. The lowest BCUT2D eigenvalue weighted by atomic mass is 9.89. The molecular formula is C34H36N4O5. The van der Waals surface area contributed by atoms with Crippen LogP contribution in [0.1, 0.15) is 36.0 Å². The molecule has 222 valence electrons. The standard InChI is InChI=1S/C34H36N4O5/c1-23-14-17-27(18-15-23)36-34(43)31(40)28(22-26-13-8-20-35-32(26)41)38-33(42)29(21-25-11-6-3-7-12-25)37-30(39)19-16-24-9-4-2-5-10-24/h2-7,9-12,14-19,26,28-29H,8,13,20-22H2,1H3,(H,35,41)(H,36,43)(H,37,39)(H,38,42)/b19-16+/t26-,28-,29-/m0/s1. The first-order valence-electron chi connectivity index (χ1n) is 14.4. The highest BCUT2D eigenvalue weighted by Gasteiger charge is 2.34. The van der Waals surface area contributed by atoms with Crippen LogP contribution in [0, 0.1) is 12.8 Å². The molecule has 4 amide bonds. The molecular weight excluding hydrogens is 544 g/mol. The largest absolute Gasteiger partial charge is 0.356 e. The van der Waals surface area contributed by atoms with Gasteiger partial charge in [-0.15, -0.1) is 0 Å². The minimum atomic E-state index is -1.28. The van der Waals surface area contributed by atoms with E-state index in [1.165, 1.54) is 6.08 Å². The van der Waals surface area contributed by atoms with E-state index in [-0.39, 0.29) is 18.7 Å². The predicted molar refractivity (Wildman–Crippen MR) is 165 cm³/mol. The second-order valence-electron chi connectivity index (χ2n) is 10.6. The molecule has 43 heavy (non-hydrogen) atoms. The lowest BCUT2D eigenvalue weighted by Crippen LogP contribution is -2.55. The summed E-state index contributed by atoms with van der Waals surface area (Å²) in [6.45, 7) is 2.44. The molecule has 0 radical (unpaired) electrons. The Morgan fingerprint density at radius 2 is 1.56 bits per heavy atom. The number of anilines is 1. The van der Waals surface area contributed by atoms with Crippen LogP contribution in [0.3, 0.4) is 0 Å². The van der Waals surface area contributed by atoms with Gasteiger partial charge in [0.25, 0.3) is 5.91 Å². The summed E-state index contributed by atoms with van der Waals surface area (Å²) in [4.78, 5) is 65.5. The van der Waals surface area contributed by atoms with E-state index in [1.807, 2.05) is 67.6 Å². The van der Waals surface area contributed by atoms with Crippen molar-refractivity contribution in [3.63, 3.8) is 0 Å². The molecule has 0 aliphatic carbocycles. The first-order chi connectivity index (χ1) is 20.8. The second kappa shape index (κ2) is 15.3. The highest BCUT2D eigenvalue weighted by molar-refractivity contribution is 6.42. The molecule has 0 bridgehead atoms. The van der Waals surface area contributed by atoms with Crippen LogP contribution < -0.4 is 21.3 Å². The Balaban J connectivity index is 1.53. The molecule has 0 aromatic heterocycles.